The van der Waals surface area contributed by atoms with Crippen molar-refractivity contribution < 1.29 is 45.3 Å². The minimum absolute atomic E-state index is 0.297. The Hall–Kier alpha value is -1.45. The average molecular weight is 280 g/mol. The van der Waals surface area contributed by atoms with E-state index in [0.29, 0.717) is 6.08 Å². The van der Waals surface area contributed by atoms with Crippen molar-refractivity contribution in [2.45, 2.75) is 18.1 Å². The van der Waals surface area contributed by atoms with E-state index < -0.39 is 37.5 Å². The predicted molar refractivity (Wildman–Crippen MR) is 42.4 cm³/mol. The molecule has 1 saturated heterocycles. The molecule has 1 atom stereocenters. The van der Waals surface area contributed by atoms with Gasteiger partial charge in [-0.1, -0.05) is 6.08 Å². The van der Waals surface area contributed by atoms with Crippen LogP contribution in [0, 0.1) is 0 Å². The smallest absolute Gasteiger partial charge is 0.427 e. The Morgan fingerprint density at radius 3 is 2.28 bits per heavy atom. The second-order valence-electron chi connectivity index (χ2n) is 3.15. The molecule has 10 heteroatoms. The number of ether oxygens (including phenoxy) is 3. The fourth-order valence-electron chi connectivity index (χ4n) is 1.00. The maximum atomic E-state index is 12.5. The maximum absolute atomic E-state index is 12.5. The first-order valence-corrected chi connectivity index (χ1v) is 4.37. The second-order valence-corrected chi connectivity index (χ2v) is 3.15. The van der Waals surface area contributed by atoms with Crippen molar-refractivity contribution in [3.8, 4) is 0 Å². The predicted octanol–water partition coefficient (Wildman–Crippen LogP) is 2.55. The van der Waals surface area contributed by atoms with E-state index in [-0.39, 0.29) is 6.08 Å². The molecule has 1 fully saturated rings. The van der Waals surface area contributed by atoms with Crippen molar-refractivity contribution >= 4 is 6.16 Å². The molecule has 0 bridgehead atoms. The number of rotatable bonds is 3. The molecule has 0 aromatic rings. The van der Waals surface area contributed by atoms with E-state index in [1.165, 1.54) is 0 Å². The first-order valence-electron chi connectivity index (χ1n) is 4.37. The van der Waals surface area contributed by atoms with Crippen molar-refractivity contribution in [3.63, 3.8) is 0 Å². The molecular weight excluding hydrogens is 274 g/mol. The topological polar surface area (TPSA) is 44.8 Å². The third-order valence-corrected chi connectivity index (χ3v) is 1.78. The van der Waals surface area contributed by atoms with E-state index in [1.54, 1.807) is 0 Å². The first-order chi connectivity index (χ1) is 8.06. The van der Waals surface area contributed by atoms with Crippen molar-refractivity contribution in [3.05, 3.63) is 12.2 Å². The molecule has 1 unspecified atom stereocenters. The van der Waals surface area contributed by atoms with Crippen LogP contribution in [0.4, 0.5) is 31.1 Å². The number of carbonyl (C=O) groups is 1. The lowest BCUT2D eigenvalue weighted by atomic mass is 10.3. The zero-order valence-electron chi connectivity index (χ0n) is 8.47. The quantitative estimate of drug-likeness (QED) is 0.453. The van der Waals surface area contributed by atoms with Crippen LogP contribution in [0.3, 0.4) is 0 Å². The van der Waals surface area contributed by atoms with Crippen LogP contribution in [-0.4, -0.2) is 37.5 Å². The Morgan fingerprint density at radius 1 is 1.28 bits per heavy atom. The summed E-state index contributed by atoms with van der Waals surface area (Å²) in [6, 6.07) is 0. The van der Waals surface area contributed by atoms with Gasteiger partial charge < -0.3 is 14.2 Å². The number of cyclic esters (lactones) is 2. The number of hydrogen-bond donors (Lipinski definition) is 0. The lowest BCUT2D eigenvalue weighted by molar-refractivity contribution is -0.346. The summed E-state index contributed by atoms with van der Waals surface area (Å²) >= 11 is 0. The molecule has 18 heavy (non-hydrogen) atoms. The molecule has 0 N–H and O–H groups in total. The summed E-state index contributed by atoms with van der Waals surface area (Å²) in [4.78, 5) is 10.5. The molecule has 0 saturated carbocycles. The summed E-state index contributed by atoms with van der Waals surface area (Å²) in [6.07, 6.45) is -11.4. The highest BCUT2D eigenvalue weighted by molar-refractivity contribution is 5.62. The summed E-state index contributed by atoms with van der Waals surface area (Å²) < 4.78 is 84.5. The van der Waals surface area contributed by atoms with Gasteiger partial charge in [0, 0.05) is 6.08 Å². The van der Waals surface area contributed by atoms with Gasteiger partial charge in [-0.3, -0.25) is 0 Å². The van der Waals surface area contributed by atoms with Gasteiger partial charge in [-0.2, -0.15) is 26.3 Å². The van der Waals surface area contributed by atoms with Gasteiger partial charge in [-0.05, 0) is 0 Å². The molecule has 0 radical (unpaired) electrons. The van der Waals surface area contributed by atoms with E-state index in [4.69, 9.17) is 0 Å². The molecule has 1 rings (SSSR count). The molecule has 1 aliphatic rings. The Morgan fingerprint density at radius 2 is 1.89 bits per heavy atom. The van der Waals surface area contributed by atoms with Crippen molar-refractivity contribution in [2.75, 3.05) is 13.2 Å². The van der Waals surface area contributed by atoms with Gasteiger partial charge in [0.25, 0.3) is 0 Å². The third kappa shape index (κ3) is 3.52. The molecule has 0 aromatic heterocycles. The van der Waals surface area contributed by atoms with Crippen molar-refractivity contribution in [1.82, 2.24) is 0 Å². The summed E-state index contributed by atoms with van der Waals surface area (Å²) in [5.41, 5.74) is 0. The van der Waals surface area contributed by atoms with Crippen LogP contribution in [0.15, 0.2) is 12.2 Å². The van der Waals surface area contributed by atoms with E-state index in [9.17, 15) is 31.1 Å². The Labute approximate surface area is 96.1 Å². The highest BCUT2D eigenvalue weighted by Gasteiger charge is 2.64. The van der Waals surface area contributed by atoms with E-state index >= 15 is 0 Å². The van der Waals surface area contributed by atoms with Crippen molar-refractivity contribution in [2.24, 2.45) is 0 Å². The van der Waals surface area contributed by atoms with Gasteiger partial charge in [-0.15, -0.1) is 0 Å². The van der Waals surface area contributed by atoms with Gasteiger partial charge in [0.1, 0.15) is 0 Å². The van der Waals surface area contributed by atoms with Crippen LogP contribution in [0.1, 0.15) is 0 Å². The van der Waals surface area contributed by atoms with Crippen LogP contribution in [-0.2, 0) is 14.2 Å². The van der Waals surface area contributed by atoms with E-state index in [0.717, 1.165) is 0 Å². The monoisotopic (exact) mass is 280 g/mol. The molecule has 4 nitrogen and oxygen atoms in total. The largest absolute Gasteiger partial charge is 0.511 e. The average Bonchev–Trinajstić information content (AvgIpc) is 2.54. The minimum atomic E-state index is -5.12. The lowest BCUT2D eigenvalue weighted by Gasteiger charge is -2.26. The van der Waals surface area contributed by atoms with Crippen molar-refractivity contribution in [1.29, 1.82) is 0 Å². The van der Waals surface area contributed by atoms with Crippen LogP contribution < -0.4 is 0 Å². The number of carbonyl (C=O) groups excluding carboxylic acids is 1. The Balaban J connectivity index is 2.66. The van der Waals surface area contributed by atoms with E-state index in [1.807, 2.05) is 0 Å². The fourth-order valence-corrected chi connectivity index (χ4v) is 1.00. The van der Waals surface area contributed by atoms with Gasteiger partial charge >= 0.3 is 24.3 Å². The maximum Gasteiger partial charge on any atom is 0.511 e. The zero-order valence-corrected chi connectivity index (χ0v) is 8.47. The van der Waals surface area contributed by atoms with E-state index in [2.05, 4.69) is 14.2 Å². The summed E-state index contributed by atoms with van der Waals surface area (Å²) in [7, 11) is 0. The highest BCUT2D eigenvalue weighted by Crippen LogP contribution is 2.38. The number of hydrogen-bond acceptors (Lipinski definition) is 4. The van der Waals surface area contributed by atoms with Crippen LogP contribution in [0.5, 0.6) is 0 Å². The van der Waals surface area contributed by atoms with Gasteiger partial charge in [0.2, 0.25) is 0 Å². The van der Waals surface area contributed by atoms with Crippen LogP contribution in [0.2, 0.25) is 0 Å². The molecule has 0 aliphatic carbocycles. The number of halogens is 6. The standard InChI is InChI=1S/C8H6F6O4/c9-7(10,11)2-1-3-17-6(8(12,13)14)4-16-5(15)18-6/h1-2H,3-4H2/b2-1-. The Bertz CT molecular complexity index is 346. The minimum Gasteiger partial charge on any atom is -0.427 e. The fraction of sp³-hybridized carbons (Fsp3) is 0.625. The van der Waals surface area contributed by atoms with Crippen LogP contribution >= 0.6 is 0 Å². The highest BCUT2D eigenvalue weighted by atomic mass is 19.4. The zero-order chi connectivity index (χ0) is 14.0. The normalized spacial score (nSPS) is 25.3. The third-order valence-electron chi connectivity index (χ3n) is 1.78. The van der Waals surface area contributed by atoms with Gasteiger partial charge in [-0.25, -0.2) is 4.79 Å². The molecule has 104 valence electrons. The van der Waals surface area contributed by atoms with Gasteiger partial charge in [0.05, 0.1) is 6.61 Å². The molecule has 0 aromatic carbocycles. The SMILES string of the molecule is O=C1OCC(OC/C=C\C(F)(F)F)(C(F)(F)F)O1. The summed E-state index contributed by atoms with van der Waals surface area (Å²) in [5, 5.41) is 0. The molecule has 1 aliphatic heterocycles. The Kier molecular flexibility index (Phi) is 3.79. The molecule has 1 heterocycles. The lowest BCUT2D eigenvalue weighted by Crippen LogP contribution is -2.50. The molecule has 0 spiro atoms. The number of allylic oxidation sites excluding steroid dienone is 1. The number of alkyl halides is 6. The summed E-state index contributed by atoms with van der Waals surface area (Å²) in [5.74, 6) is -3.36. The van der Waals surface area contributed by atoms with Crippen LogP contribution in [0.25, 0.3) is 0 Å². The first kappa shape index (κ1) is 14.6. The second kappa shape index (κ2) is 4.67. The molecular formula is C8H6F6O4. The molecule has 0 amide bonds. The summed E-state index contributed by atoms with van der Waals surface area (Å²) in [6.45, 7) is -2.31. The van der Waals surface area contributed by atoms with Gasteiger partial charge in [0.15, 0.2) is 6.61 Å².